The summed E-state index contributed by atoms with van der Waals surface area (Å²) in [6, 6.07) is 5.68. The van der Waals surface area contributed by atoms with Crippen LogP contribution in [-0.4, -0.2) is 10.9 Å². The topological polar surface area (TPSA) is 42.0 Å². The van der Waals surface area contributed by atoms with Crippen LogP contribution >= 0.6 is 27.5 Å². The molecule has 2 aliphatic rings. The molecule has 1 N–H and O–H groups in total. The third-order valence-corrected chi connectivity index (χ3v) is 5.61. The number of benzene rings is 1. The van der Waals surface area contributed by atoms with E-state index in [1.165, 1.54) is 12.8 Å². The predicted octanol–water partition coefficient (Wildman–Crippen LogP) is 4.39. The molecule has 0 radical (unpaired) electrons. The molecule has 1 aromatic carbocycles. The molecule has 0 saturated heterocycles. The Balaban J connectivity index is 1.60. The van der Waals surface area contributed by atoms with E-state index in [-0.39, 0.29) is 11.8 Å². The fraction of sp³-hybridized carbons (Fsp3) is 0.333. The van der Waals surface area contributed by atoms with E-state index in [9.17, 15) is 4.79 Å². The average Bonchev–Trinajstić information content (AvgIpc) is 3.32. The molecule has 1 aromatic heterocycles. The highest BCUT2D eigenvalue weighted by Crippen LogP contribution is 2.70. The summed E-state index contributed by atoms with van der Waals surface area (Å²) in [6.45, 7) is 0. The zero-order chi connectivity index (χ0) is 13.9. The van der Waals surface area contributed by atoms with Crippen LogP contribution in [0.1, 0.15) is 19.3 Å². The molecule has 1 spiro atoms. The maximum atomic E-state index is 12.1. The molecule has 3 nitrogen and oxygen atoms in total. The van der Waals surface area contributed by atoms with E-state index in [4.69, 9.17) is 11.6 Å². The van der Waals surface area contributed by atoms with Gasteiger partial charge in [-0.15, -0.1) is 0 Å². The molecule has 2 aromatic rings. The van der Waals surface area contributed by atoms with Crippen molar-refractivity contribution in [3.63, 3.8) is 0 Å². The number of aromatic nitrogens is 1. The molecule has 4 rings (SSSR count). The fourth-order valence-electron chi connectivity index (χ4n) is 2.85. The first-order valence-corrected chi connectivity index (χ1v) is 7.80. The van der Waals surface area contributed by atoms with Crippen LogP contribution in [0.15, 0.2) is 28.9 Å². The molecule has 5 heteroatoms. The van der Waals surface area contributed by atoms with E-state index in [2.05, 4.69) is 26.2 Å². The third-order valence-electron chi connectivity index (χ3n) is 4.41. The second kappa shape index (κ2) is 4.18. The van der Waals surface area contributed by atoms with Crippen molar-refractivity contribution < 1.29 is 4.79 Å². The lowest BCUT2D eigenvalue weighted by molar-refractivity contribution is -0.117. The van der Waals surface area contributed by atoms with Crippen LogP contribution in [-0.2, 0) is 4.79 Å². The van der Waals surface area contributed by atoms with E-state index >= 15 is 0 Å². The standard InChI is InChI=1S/C15H12BrClN2O/c16-11-3-8-5-13(18-7-9(8)4-12(11)17)19-14(20)10-6-15(10)1-2-15/h3-5,7,10H,1-2,6H2,(H,18,19,20)/t10-/m1/s1. The Bertz CT molecular complexity index is 742. The van der Waals surface area contributed by atoms with E-state index in [1.54, 1.807) is 6.20 Å². The van der Waals surface area contributed by atoms with Crippen LogP contribution in [0.5, 0.6) is 0 Å². The van der Waals surface area contributed by atoms with Crippen molar-refractivity contribution >= 4 is 50.0 Å². The summed E-state index contributed by atoms with van der Waals surface area (Å²) < 4.78 is 0.842. The molecule has 1 atom stereocenters. The molecular formula is C15H12BrClN2O. The van der Waals surface area contributed by atoms with Gasteiger partial charge in [-0.2, -0.15) is 0 Å². The molecule has 2 aliphatic carbocycles. The van der Waals surface area contributed by atoms with E-state index in [0.717, 1.165) is 21.7 Å². The Morgan fingerprint density at radius 1 is 1.35 bits per heavy atom. The molecule has 1 amide bonds. The summed E-state index contributed by atoms with van der Waals surface area (Å²) >= 11 is 9.46. The minimum atomic E-state index is 0.113. The number of nitrogens with one attached hydrogen (secondary N) is 1. The molecule has 102 valence electrons. The Kier molecular flexibility index (Phi) is 2.63. The quantitative estimate of drug-likeness (QED) is 0.872. The van der Waals surface area contributed by atoms with Crippen LogP contribution in [0.3, 0.4) is 0 Å². The van der Waals surface area contributed by atoms with E-state index in [0.29, 0.717) is 16.3 Å². The summed E-state index contributed by atoms with van der Waals surface area (Å²) in [5.41, 5.74) is 0.373. The molecule has 0 bridgehead atoms. The Labute approximate surface area is 129 Å². The molecule has 2 saturated carbocycles. The number of halogens is 2. The first-order valence-electron chi connectivity index (χ1n) is 6.63. The highest BCUT2D eigenvalue weighted by molar-refractivity contribution is 9.10. The van der Waals surface area contributed by atoms with Gasteiger partial charge in [-0.1, -0.05) is 11.6 Å². The van der Waals surface area contributed by atoms with Gasteiger partial charge in [0.2, 0.25) is 5.91 Å². The summed E-state index contributed by atoms with van der Waals surface area (Å²) in [5, 5.41) is 5.55. The van der Waals surface area contributed by atoms with Crippen LogP contribution in [0.25, 0.3) is 10.8 Å². The largest absolute Gasteiger partial charge is 0.310 e. The molecule has 0 unspecified atom stereocenters. The van der Waals surface area contributed by atoms with Gasteiger partial charge in [-0.3, -0.25) is 4.79 Å². The van der Waals surface area contributed by atoms with Crippen molar-refractivity contribution in [3.8, 4) is 0 Å². The Morgan fingerprint density at radius 3 is 2.85 bits per heavy atom. The second-order valence-corrected chi connectivity index (χ2v) is 7.05. The minimum Gasteiger partial charge on any atom is -0.310 e. The summed E-state index contributed by atoms with van der Waals surface area (Å²) in [6.07, 6.45) is 5.21. The van der Waals surface area contributed by atoms with Gasteiger partial charge < -0.3 is 5.32 Å². The highest BCUT2D eigenvalue weighted by atomic mass is 79.9. The molecule has 20 heavy (non-hydrogen) atoms. The fourth-order valence-corrected chi connectivity index (χ4v) is 3.38. The monoisotopic (exact) mass is 350 g/mol. The lowest BCUT2D eigenvalue weighted by Crippen LogP contribution is -2.15. The van der Waals surface area contributed by atoms with Crippen LogP contribution in [0.4, 0.5) is 5.82 Å². The average molecular weight is 352 g/mol. The Hall–Kier alpha value is -1.13. The zero-order valence-electron chi connectivity index (χ0n) is 10.6. The summed E-state index contributed by atoms with van der Waals surface area (Å²) in [7, 11) is 0. The number of carbonyl (C=O) groups excluding carboxylic acids is 1. The lowest BCUT2D eigenvalue weighted by Gasteiger charge is -2.06. The van der Waals surface area contributed by atoms with Crippen molar-refractivity contribution in [2.24, 2.45) is 11.3 Å². The van der Waals surface area contributed by atoms with Crippen molar-refractivity contribution in [3.05, 3.63) is 33.9 Å². The highest BCUT2D eigenvalue weighted by Gasteiger charge is 2.65. The zero-order valence-corrected chi connectivity index (χ0v) is 13.0. The van der Waals surface area contributed by atoms with Gasteiger partial charge in [0, 0.05) is 22.0 Å². The van der Waals surface area contributed by atoms with Gasteiger partial charge in [0.25, 0.3) is 0 Å². The molecule has 1 heterocycles. The van der Waals surface area contributed by atoms with Crippen molar-refractivity contribution in [1.29, 1.82) is 0 Å². The maximum absolute atomic E-state index is 12.1. The van der Waals surface area contributed by atoms with Gasteiger partial charge in [0.15, 0.2) is 0 Å². The first kappa shape index (κ1) is 12.6. The first-order chi connectivity index (χ1) is 9.57. The summed E-state index contributed by atoms with van der Waals surface area (Å²) in [5.74, 6) is 0.929. The SMILES string of the molecule is O=C(Nc1cc2cc(Br)c(Cl)cc2cn1)[C@H]1CC12CC2. The summed E-state index contributed by atoms with van der Waals surface area (Å²) in [4.78, 5) is 16.4. The van der Waals surface area contributed by atoms with Crippen LogP contribution in [0.2, 0.25) is 5.02 Å². The van der Waals surface area contributed by atoms with E-state index in [1.807, 2.05) is 18.2 Å². The van der Waals surface area contributed by atoms with Crippen LogP contribution in [0, 0.1) is 11.3 Å². The van der Waals surface area contributed by atoms with Gasteiger partial charge in [0.05, 0.1) is 5.02 Å². The predicted molar refractivity (Wildman–Crippen MR) is 82.9 cm³/mol. The third kappa shape index (κ3) is 2.02. The molecule has 0 aliphatic heterocycles. The van der Waals surface area contributed by atoms with Gasteiger partial charge >= 0.3 is 0 Å². The van der Waals surface area contributed by atoms with Gasteiger partial charge in [-0.05, 0) is 64.2 Å². The van der Waals surface area contributed by atoms with Crippen LogP contribution < -0.4 is 5.32 Å². The number of carbonyl (C=O) groups is 1. The Morgan fingerprint density at radius 2 is 2.15 bits per heavy atom. The molecule has 2 fully saturated rings. The normalized spacial score (nSPS) is 22.0. The number of amides is 1. The van der Waals surface area contributed by atoms with Crippen molar-refractivity contribution in [1.82, 2.24) is 4.98 Å². The number of fused-ring (bicyclic) bond motifs is 1. The van der Waals surface area contributed by atoms with E-state index < -0.39 is 0 Å². The number of pyridine rings is 1. The molecular weight excluding hydrogens is 340 g/mol. The number of rotatable bonds is 2. The number of hydrogen-bond donors (Lipinski definition) is 1. The number of hydrogen-bond acceptors (Lipinski definition) is 2. The second-order valence-electron chi connectivity index (χ2n) is 5.79. The van der Waals surface area contributed by atoms with Gasteiger partial charge in [-0.25, -0.2) is 4.98 Å². The number of nitrogens with zero attached hydrogens (tertiary/aromatic N) is 1. The van der Waals surface area contributed by atoms with Gasteiger partial charge in [0.1, 0.15) is 5.82 Å². The lowest BCUT2D eigenvalue weighted by atomic mass is 10.2. The maximum Gasteiger partial charge on any atom is 0.229 e. The smallest absolute Gasteiger partial charge is 0.229 e. The van der Waals surface area contributed by atoms with Crippen molar-refractivity contribution in [2.75, 3.05) is 5.32 Å². The van der Waals surface area contributed by atoms with Crippen molar-refractivity contribution in [2.45, 2.75) is 19.3 Å². The minimum absolute atomic E-state index is 0.113. The number of anilines is 1.